The van der Waals surface area contributed by atoms with Gasteiger partial charge in [-0.3, -0.25) is 4.79 Å². The second kappa shape index (κ2) is 7.70. The maximum atomic E-state index is 12.6. The zero-order chi connectivity index (χ0) is 17.8. The van der Waals surface area contributed by atoms with Crippen LogP contribution in [0, 0.1) is 6.92 Å². The van der Waals surface area contributed by atoms with E-state index in [4.69, 9.17) is 8.83 Å². The van der Waals surface area contributed by atoms with Crippen LogP contribution in [0.25, 0.3) is 11.5 Å². The SMILES string of the molecule is CCc1ccc(CC)c(C(=O)CSc2nnc(-c3ccoc3C)o2)c1. The van der Waals surface area contributed by atoms with E-state index in [9.17, 15) is 4.79 Å². The largest absolute Gasteiger partial charge is 0.469 e. The number of hydrogen-bond acceptors (Lipinski definition) is 6. The molecule has 0 radical (unpaired) electrons. The van der Waals surface area contributed by atoms with Crippen molar-refractivity contribution in [1.82, 2.24) is 10.2 Å². The van der Waals surface area contributed by atoms with Crippen molar-refractivity contribution in [3.05, 3.63) is 53.0 Å². The number of ketones is 1. The molecule has 0 spiro atoms. The zero-order valence-electron chi connectivity index (χ0n) is 14.5. The first kappa shape index (κ1) is 17.5. The van der Waals surface area contributed by atoms with Gasteiger partial charge in [-0.1, -0.05) is 37.7 Å². The Hall–Kier alpha value is -2.34. The lowest BCUT2D eigenvalue weighted by atomic mass is 9.98. The minimum atomic E-state index is 0.0800. The van der Waals surface area contributed by atoms with Crippen molar-refractivity contribution in [2.45, 2.75) is 38.8 Å². The molecule has 0 N–H and O–H groups in total. The summed E-state index contributed by atoms with van der Waals surface area (Å²) < 4.78 is 10.9. The molecular weight excluding hydrogens is 336 g/mol. The van der Waals surface area contributed by atoms with Gasteiger partial charge >= 0.3 is 0 Å². The molecule has 6 heteroatoms. The lowest BCUT2D eigenvalue weighted by Crippen LogP contribution is -2.07. The molecule has 0 bridgehead atoms. The van der Waals surface area contributed by atoms with Gasteiger partial charge in [-0.05, 0) is 43.0 Å². The van der Waals surface area contributed by atoms with E-state index in [0.717, 1.165) is 35.3 Å². The molecular formula is C19H20N2O3S. The fraction of sp³-hybridized carbons (Fsp3) is 0.316. The average Bonchev–Trinajstić information content (AvgIpc) is 3.27. The molecule has 130 valence electrons. The number of furan rings is 1. The van der Waals surface area contributed by atoms with E-state index in [2.05, 4.69) is 30.1 Å². The number of benzene rings is 1. The first-order valence-electron chi connectivity index (χ1n) is 8.28. The standard InChI is InChI=1S/C19H20N2O3S/c1-4-13-6-7-14(5-2)16(10-13)17(22)11-25-19-21-20-18(24-19)15-8-9-23-12(15)3/h6-10H,4-5,11H2,1-3H3. The molecule has 0 saturated heterocycles. The summed E-state index contributed by atoms with van der Waals surface area (Å²) in [4.78, 5) is 12.6. The van der Waals surface area contributed by atoms with Crippen LogP contribution in [0.2, 0.25) is 0 Å². The Labute approximate surface area is 150 Å². The van der Waals surface area contributed by atoms with Crippen LogP contribution < -0.4 is 0 Å². The fourth-order valence-corrected chi connectivity index (χ4v) is 3.25. The number of carbonyl (C=O) groups excluding carboxylic acids is 1. The molecule has 0 aliphatic carbocycles. The molecule has 0 fully saturated rings. The number of hydrogen-bond donors (Lipinski definition) is 0. The molecule has 2 heterocycles. The Bertz CT molecular complexity index is 882. The van der Waals surface area contributed by atoms with Crippen molar-refractivity contribution in [2.24, 2.45) is 0 Å². The fourth-order valence-electron chi connectivity index (χ4n) is 2.60. The van der Waals surface area contributed by atoms with Crippen molar-refractivity contribution in [3.8, 4) is 11.5 Å². The summed E-state index contributed by atoms with van der Waals surface area (Å²) >= 11 is 1.26. The highest BCUT2D eigenvalue weighted by Gasteiger charge is 2.16. The minimum absolute atomic E-state index is 0.0800. The highest BCUT2D eigenvalue weighted by atomic mass is 32.2. The molecule has 5 nitrogen and oxygen atoms in total. The van der Waals surface area contributed by atoms with Crippen LogP contribution in [0.4, 0.5) is 0 Å². The van der Waals surface area contributed by atoms with E-state index < -0.39 is 0 Å². The van der Waals surface area contributed by atoms with Crippen molar-refractivity contribution < 1.29 is 13.6 Å². The molecule has 0 aliphatic rings. The van der Waals surface area contributed by atoms with Gasteiger partial charge in [0, 0.05) is 5.56 Å². The van der Waals surface area contributed by atoms with Crippen LogP contribution in [0.3, 0.4) is 0 Å². The van der Waals surface area contributed by atoms with Crippen molar-refractivity contribution >= 4 is 17.5 Å². The Morgan fingerprint density at radius 1 is 1.16 bits per heavy atom. The number of thioether (sulfide) groups is 1. The van der Waals surface area contributed by atoms with E-state index >= 15 is 0 Å². The number of aromatic nitrogens is 2. The van der Waals surface area contributed by atoms with Crippen LogP contribution >= 0.6 is 11.8 Å². The van der Waals surface area contributed by atoms with Crippen molar-refractivity contribution in [3.63, 3.8) is 0 Å². The van der Waals surface area contributed by atoms with E-state index in [1.807, 2.05) is 19.1 Å². The molecule has 0 saturated carbocycles. The summed E-state index contributed by atoms with van der Waals surface area (Å²) in [6, 6.07) is 7.91. The topological polar surface area (TPSA) is 69.1 Å². The molecule has 0 aliphatic heterocycles. The number of Topliss-reactive ketones (excluding diaryl/α,β-unsaturated/α-hetero) is 1. The molecule has 0 amide bonds. The zero-order valence-corrected chi connectivity index (χ0v) is 15.4. The second-order valence-electron chi connectivity index (χ2n) is 5.67. The maximum absolute atomic E-state index is 12.6. The minimum Gasteiger partial charge on any atom is -0.469 e. The van der Waals surface area contributed by atoms with Gasteiger partial charge in [0.15, 0.2) is 5.78 Å². The molecule has 3 aromatic rings. The lowest BCUT2D eigenvalue weighted by molar-refractivity contribution is 0.102. The summed E-state index contributed by atoms with van der Waals surface area (Å²) in [5.74, 6) is 1.48. The van der Waals surface area contributed by atoms with Gasteiger partial charge in [-0.25, -0.2) is 0 Å². The third kappa shape index (κ3) is 3.85. The number of aryl methyl sites for hydroxylation is 3. The van der Waals surface area contributed by atoms with Gasteiger partial charge < -0.3 is 8.83 Å². The van der Waals surface area contributed by atoms with Crippen LogP contribution in [0.15, 0.2) is 44.6 Å². The summed E-state index contributed by atoms with van der Waals surface area (Å²) in [7, 11) is 0. The Morgan fingerprint density at radius 2 is 2.00 bits per heavy atom. The molecule has 0 unspecified atom stereocenters. The number of rotatable bonds is 7. The van der Waals surface area contributed by atoms with Crippen LogP contribution in [-0.4, -0.2) is 21.7 Å². The first-order valence-corrected chi connectivity index (χ1v) is 9.26. The van der Waals surface area contributed by atoms with E-state index in [1.165, 1.54) is 17.3 Å². The molecule has 3 rings (SSSR count). The molecule has 25 heavy (non-hydrogen) atoms. The quantitative estimate of drug-likeness (QED) is 0.450. The monoisotopic (exact) mass is 356 g/mol. The first-order chi connectivity index (χ1) is 12.1. The normalized spacial score (nSPS) is 11.0. The Balaban J connectivity index is 1.71. The van der Waals surface area contributed by atoms with Gasteiger partial charge in [-0.2, -0.15) is 0 Å². The van der Waals surface area contributed by atoms with Crippen LogP contribution in [0.5, 0.6) is 0 Å². The van der Waals surface area contributed by atoms with Crippen molar-refractivity contribution in [2.75, 3.05) is 5.75 Å². The lowest BCUT2D eigenvalue weighted by Gasteiger charge is -2.08. The summed E-state index contributed by atoms with van der Waals surface area (Å²) in [6.45, 7) is 5.98. The Morgan fingerprint density at radius 3 is 2.68 bits per heavy atom. The maximum Gasteiger partial charge on any atom is 0.277 e. The molecule has 2 aromatic heterocycles. The molecule has 1 aromatic carbocycles. The highest BCUT2D eigenvalue weighted by molar-refractivity contribution is 7.99. The average molecular weight is 356 g/mol. The third-order valence-electron chi connectivity index (χ3n) is 4.09. The van der Waals surface area contributed by atoms with Gasteiger partial charge in [-0.15, -0.1) is 10.2 Å². The summed E-state index contributed by atoms with van der Waals surface area (Å²) in [5, 5.41) is 8.41. The van der Waals surface area contributed by atoms with Gasteiger partial charge in [0.05, 0.1) is 17.6 Å². The number of carbonyl (C=O) groups is 1. The van der Waals surface area contributed by atoms with E-state index in [0.29, 0.717) is 11.1 Å². The number of nitrogens with zero attached hydrogens (tertiary/aromatic N) is 2. The van der Waals surface area contributed by atoms with Crippen molar-refractivity contribution in [1.29, 1.82) is 0 Å². The predicted molar refractivity (Wildman–Crippen MR) is 97.0 cm³/mol. The Kier molecular flexibility index (Phi) is 5.38. The van der Waals surface area contributed by atoms with Crippen LogP contribution in [0.1, 0.15) is 41.1 Å². The van der Waals surface area contributed by atoms with Crippen LogP contribution in [-0.2, 0) is 12.8 Å². The summed E-state index contributed by atoms with van der Waals surface area (Å²) in [5.41, 5.74) is 3.80. The van der Waals surface area contributed by atoms with Gasteiger partial charge in [0.2, 0.25) is 0 Å². The predicted octanol–water partition coefficient (Wildman–Crippen LogP) is 4.74. The van der Waals surface area contributed by atoms with E-state index in [1.54, 1.807) is 12.3 Å². The van der Waals surface area contributed by atoms with E-state index in [-0.39, 0.29) is 11.5 Å². The molecule has 0 atom stereocenters. The third-order valence-corrected chi connectivity index (χ3v) is 4.90. The summed E-state index contributed by atoms with van der Waals surface area (Å²) in [6.07, 6.45) is 3.33. The highest BCUT2D eigenvalue weighted by Crippen LogP contribution is 2.27. The van der Waals surface area contributed by atoms with Gasteiger partial charge in [0.25, 0.3) is 11.1 Å². The van der Waals surface area contributed by atoms with Gasteiger partial charge in [0.1, 0.15) is 5.76 Å². The second-order valence-corrected chi connectivity index (χ2v) is 6.60. The smallest absolute Gasteiger partial charge is 0.277 e.